The number of aliphatic imine (C=N–C) groups is 1. The monoisotopic (exact) mass is 261 g/mol. The third-order valence-electron chi connectivity index (χ3n) is 2.21. The van der Waals surface area contributed by atoms with Crippen LogP contribution in [0.3, 0.4) is 0 Å². The zero-order valence-electron chi connectivity index (χ0n) is 9.33. The van der Waals surface area contributed by atoms with Gasteiger partial charge in [0.2, 0.25) is 0 Å². The van der Waals surface area contributed by atoms with Crippen LogP contribution in [0, 0.1) is 0 Å². The Morgan fingerprint density at radius 2 is 2.00 bits per heavy atom. The summed E-state index contributed by atoms with van der Waals surface area (Å²) in [4.78, 5) is 15.9. The molecular weight excluding hydrogens is 250 g/mol. The van der Waals surface area contributed by atoms with E-state index in [0.717, 1.165) is 10.4 Å². The molecule has 0 saturated carbocycles. The van der Waals surface area contributed by atoms with Crippen LogP contribution >= 0.6 is 11.3 Å². The van der Waals surface area contributed by atoms with Gasteiger partial charge in [0.15, 0.2) is 5.96 Å². The predicted molar refractivity (Wildman–Crippen MR) is 72.2 cm³/mol. The van der Waals surface area contributed by atoms with Crippen molar-refractivity contribution in [1.82, 2.24) is 0 Å². The van der Waals surface area contributed by atoms with Crippen LogP contribution in [0.5, 0.6) is 0 Å². The number of benzene rings is 1. The zero-order valence-corrected chi connectivity index (χ0v) is 10.1. The molecule has 2 aromatic rings. The summed E-state index contributed by atoms with van der Waals surface area (Å²) < 4.78 is 0. The Labute approximate surface area is 107 Å². The minimum atomic E-state index is -0.924. The Morgan fingerprint density at radius 1 is 1.22 bits per heavy atom. The van der Waals surface area contributed by atoms with E-state index in [4.69, 9.17) is 16.6 Å². The number of carboxylic acid groups (broad SMARTS) is 1. The molecule has 1 heterocycles. The Morgan fingerprint density at radius 3 is 2.61 bits per heavy atom. The van der Waals surface area contributed by atoms with E-state index < -0.39 is 5.97 Å². The van der Waals surface area contributed by atoms with Crippen LogP contribution in [0.2, 0.25) is 0 Å². The summed E-state index contributed by atoms with van der Waals surface area (Å²) in [6, 6.07) is 10.6. The van der Waals surface area contributed by atoms with Crippen molar-refractivity contribution in [3.8, 4) is 10.4 Å². The van der Waals surface area contributed by atoms with E-state index >= 15 is 0 Å². The molecule has 1 aromatic heterocycles. The van der Waals surface area contributed by atoms with Crippen molar-refractivity contribution in [3.63, 3.8) is 0 Å². The Hall–Kier alpha value is -2.34. The molecule has 0 atom stereocenters. The molecule has 5 nitrogen and oxygen atoms in total. The summed E-state index contributed by atoms with van der Waals surface area (Å²) in [7, 11) is 0. The van der Waals surface area contributed by atoms with Gasteiger partial charge in [0.1, 0.15) is 4.88 Å². The van der Waals surface area contributed by atoms with Crippen LogP contribution in [-0.4, -0.2) is 17.0 Å². The fraction of sp³-hybridized carbons (Fsp3) is 0. The topological polar surface area (TPSA) is 102 Å². The van der Waals surface area contributed by atoms with Crippen molar-refractivity contribution < 1.29 is 9.90 Å². The highest BCUT2D eigenvalue weighted by Crippen LogP contribution is 2.30. The maximum atomic E-state index is 10.8. The van der Waals surface area contributed by atoms with E-state index in [2.05, 4.69) is 4.99 Å². The number of hydrogen-bond donors (Lipinski definition) is 3. The van der Waals surface area contributed by atoms with Gasteiger partial charge in [0, 0.05) is 4.88 Å². The molecule has 0 radical (unpaired) electrons. The van der Waals surface area contributed by atoms with Crippen LogP contribution in [0.15, 0.2) is 41.4 Å². The Kier molecular flexibility index (Phi) is 3.29. The van der Waals surface area contributed by atoms with Crippen molar-refractivity contribution in [1.29, 1.82) is 0 Å². The number of guanidine groups is 1. The average molecular weight is 261 g/mol. The SMILES string of the molecule is NC(N)=Nc1cccc(-c2ccc(C(=O)O)s2)c1. The lowest BCUT2D eigenvalue weighted by molar-refractivity contribution is 0.0702. The molecule has 0 spiro atoms. The molecule has 0 bridgehead atoms. The Bertz CT molecular complexity index is 615. The smallest absolute Gasteiger partial charge is 0.345 e. The van der Waals surface area contributed by atoms with Gasteiger partial charge in [-0.3, -0.25) is 0 Å². The first-order chi connectivity index (χ1) is 8.56. The minimum Gasteiger partial charge on any atom is -0.477 e. The van der Waals surface area contributed by atoms with Crippen LogP contribution < -0.4 is 11.5 Å². The number of thiophene rings is 1. The van der Waals surface area contributed by atoms with Gasteiger partial charge >= 0.3 is 5.97 Å². The maximum absolute atomic E-state index is 10.8. The summed E-state index contributed by atoms with van der Waals surface area (Å²) in [6.45, 7) is 0. The summed E-state index contributed by atoms with van der Waals surface area (Å²) in [5.41, 5.74) is 12.1. The quantitative estimate of drug-likeness (QED) is 0.581. The van der Waals surface area contributed by atoms with Gasteiger partial charge in [-0.2, -0.15) is 0 Å². The molecule has 0 aliphatic carbocycles. The van der Waals surface area contributed by atoms with Crippen LogP contribution in [-0.2, 0) is 0 Å². The number of hydrogen-bond acceptors (Lipinski definition) is 3. The van der Waals surface area contributed by atoms with E-state index in [0.29, 0.717) is 10.6 Å². The molecule has 0 aliphatic rings. The highest BCUT2D eigenvalue weighted by molar-refractivity contribution is 7.17. The molecule has 0 unspecified atom stereocenters. The Balaban J connectivity index is 2.38. The van der Waals surface area contributed by atoms with Gasteiger partial charge in [-0.15, -0.1) is 11.3 Å². The standard InChI is InChI=1S/C12H11N3O2S/c13-12(14)15-8-3-1-2-7(6-8)9-4-5-10(18-9)11(16)17/h1-6H,(H,16,17)(H4,13,14,15). The molecule has 0 amide bonds. The second-order valence-corrected chi connectivity index (χ2v) is 4.64. The molecule has 18 heavy (non-hydrogen) atoms. The molecule has 0 fully saturated rings. The predicted octanol–water partition coefficient (Wildman–Crippen LogP) is 2.02. The number of carboxylic acids is 1. The fourth-order valence-electron chi connectivity index (χ4n) is 1.49. The lowest BCUT2D eigenvalue weighted by Gasteiger charge is -1.99. The summed E-state index contributed by atoms with van der Waals surface area (Å²) >= 11 is 1.21. The number of nitrogens with two attached hydrogens (primary N) is 2. The normalized spacial score (nSPS) is 10.0. The molecule has 1 aromatic carbocycles. The highest BCUT2D eigenvalue weighted by atomic mass is 32.1. The molecule has 0 aliphatic heterocycles. The average Bonchev–Trinajstić information content (AvgIpc) is 2.77. The first kappa shape index (κ1) is 12.1. The largest absolute Gasteiger partial charge is 0.477 e. The highest BCUT2D eigenvalue weighted by Gasteiger charge is 2.08. The van der Waals surface area contributed by atoms with Crippen molar-refractivity contribution in [2.24, 2.45) is 16.5 Å². The lowest BCUT2D eigenvalue weighted by atomic mass is 10.2. The first-order valence-corrected chi connectivity index (χ1v) is 5.91. The van der Waals surface area contributed by atoms with Crippen molar-refractivity contribution in [3.05, 3.63) is 41.3 Å². The molecule has 2 rings (SSSR count). The van der Waals surface area contributed by atoms with Crippen LogP contribution in [0.4, 0.5) is 5.69 Å². The van der Waals surface area contributed by atoms with Crippen LogP contribution in [0.1, 0.15) is 9.67 Å². The van der Waals surface area contributed by atoms with Gasteiger partial charge in [-0.05, 0) is 29.8 Å². The van der Waals surface area contributed by atoms with E-state index in [9.17, 15) is 4.79 Å². The number of aromatic carboxylic acids is 1. The molecular formula is C12H11N3O2S. The number of carbonyl (C=O) groups is 1. The van der Waals surface area contributed by atoms with Gasteiger partial charge in [-0.25, -0.2) is 9.79 Å². The molecule has 5 N–H and O–H groups in total. The molecule has 0 saturated heterocycles. The van der Waals surface area contributed by atoms with E-state index in [1.165, 1.54) is 11.3 Å². The summed E-state index contributed by atoms with van der Waals surface area (Å²) in [5.74, 6) is -0.934. The van der Waals surface area contributed by atoms with Gasteiger partial charge < -0.3 is 16.6 Å². The summed E-state index contributed by atoms with van der Waals surface area (Å²) in [6.07, 6.45) is 0. The maximum Gasteiger partial charge on any atom is 0.345 e. The fourth-order valence-corrected chi connectivity index (χ4v) is 2.33. The van der Waals surface area contributed by atoms with E-state index in [1.807, 2.05) is 12.1 Å². The zero-order chi connectivity index (χ0) is 13.1. The third-order valence-corrected chi connectivity index (χ3v) is 3.33. The second-order valence-electron chi connectivity index (χ2n) is 3.56. The van der Waals surface area contributed by atoms with Gasteiger partial charge in [0.25, 0.3) is 0 Å². The number of rotatable bonds is 3. The number of nitrogens with zero attached hydrogens (tertiary/aromatic N) is 1. The lowest BCUT2D eigenvalue weighted by Crippen LogP contribution is -2.21. The second kappa shape index (κ2) is 4.89. The molecule has 92 valence electrons. The van der Waals surface area contributed by atoms with E-state index in [-0.39, 0.29) is 5.96 Å². The summed E-state index contributed by atoms with van der Waals surface area (Å²) in [5, 5.41) is 8.87. The van der Waals surface area contributed by atoms with Gasteiger partial charge in [-0.1, -0.05) is 12.1 Å². The van der Waals surface area contributed by atoms with Crippen LogP contribution in [0.25, 0.3) is 10.4 Å². The van der Waals surface area contributed by atoms with E-state index in [1.54, 1.807) is 24.3 Å². The van der Waals surface area contributed by atoms with Crippen molar-refractivity contribution in [2.75, 3.05) is 0 Å². The van der Waals surface area contributed by atoms with Gasteiger partial charge in [0.05, 0.1) is 5.69 Å². The minimum absolute atomic E-state index is 0.00967. The van der Waals surface area contributed by atoms with Crippen molar-refractivity contribution in [2.45, 2.75) is 0 Å². The molecule has 6 heteroatoms. The third kappa shape index (κ3) is 2.67. The van der Waals surface area contributed by atoms with Crippen molar-refractivity contribution >= 4 is 29.0 Å². The first-order valence-electron chi connectivity index (χ1n) is 5.09.